The van der Waals surface area contributed by atoms with Gasteiger partial charge in [-0.1, -0.05) is 6.92 Å². The van der Waals surface area contributed by atoms with Crippen LogP contribution in [0.2, 0.25) is 0 Å². The number of hydrogen-bond donors (Lipinski definition) is 3. The van der Waals surface area contributed by atoms with E-state index in [2.05, 4.69) is 33.9 Å². The minimum absolute atomic E-state index is 0.0892. The van der Waals surface area contributed by atoms with Crippen LogP contribution in [0.1, 0.15) is 20.3 Å². The Kier molecular flexibility index (Phi) is 6.34. The lowest BCUT2D eigenvalue weighted by Crippen LogP contribution is -2.37. The first-order valence-corrected chi connectivity index (χ1v) is 8.02. The van der Waals surface area contributed by atoms with Crippen molar-refractivity contribution < 1.29 is 8.42 Å². The number of nitrogens with zero attached hydrogens (tertiary/aromatic N) is 2. The fraction of sp³-hybridized carbons (Fsp3) is 0.583. The van der Waals surface area contributed by atoms with Crippen LogP contribution < -0.4 is 16.0 Å². The van der Waals surface area contributed by atoms with Crippen molar-refractivity contribution in [2.24, 2.45) is 5.84 Å². The molecule has 7 nitrogen and oxygen atoms in total. The summed E-state index contributed by atoms with van der Waals surface area (Å²) >= 11 is 0. The molecule has 0 saturated carbocycles. The molecule has 1 aromatic heterocycles. The molecule has 1 heterocycles. The molecular formula is C12H23N5O2S. The van der Waals surface area contributed by atoms with E-state index in [0.29, 0.717) is 19.1 Å². The molecule has 0 aliphatic rings. The fourth-order valence-corrected chi connectivity index (χ4v) is 2.78. The van der Waals surface area contributed by atoms with Crippen molar-refractivity contribution in [1.29, 1.82) is 0 Å². The lowest BCUT2D eigenvalue weighted by molar-refractivity contribution is 0.256. The molecule has 0 aliphatic heterocycles. The van der Waals surface area contributed by atoms with Crippen LogP contribution in [-0.2, 0) is 10.0 Å². The Balaban J connectivity index is 2.67. The molecule has 1 aromatic rings. The first kappa shape index (κ1) is 16.8. The summed E-state index contributed by atoms with van der Waals surface area (Å²) in [5, 5.41) is -0.0892. The summed E-state index contributed by atoms with van der Waals surface area (Å²) in [6.45, 7) is 5.15. The van der Waals surface area contributed by atoms with Crippen LogP contribution >= 0.6 is 0 Å². The van der Waals surface area contributed by atoms with E-state index in [1.807, 2.05) is 7.05 Å². The predicted octanol–water partition coefficient (Wildman–Crippen LogP) is 0.376. The van der Waals surface area contributed by atoms with Crippen molar-refractivity contribution in [2.75, 3.05) is 25.6 Å². The van der Waals surface area contributed by atoms with Crippen LogP contribution in [0, 0.1) is 0 Å². The Morgan fingerprint density at radius 2 is 2.20 bits per heavy atom. The lowest BCUT2D eigenvalue weighted by atomic mass is 10.2. The molecule has 0 saturated heterocycles. The van der Waals surface area contributed by atoms with E-state index in [0.717, 1.165) is 6.42 Å². The van der Waals surface area contributed by atoms with Gasteiger partial charge in [0.05, 0.1) is 5.69 Å². The Morgan fingerprint density at radius 3 is 2.80 bits per heavy atom. The SMILES string of the molecule is CCC(C)N(C)CCNS(=O)(=O)c1ncccc1NN. The lowest BCUT2D eigenvalue weighted by Gasteiger charge is -2.23. The van der Waals surface area contributed by atoms with Gasteiger partial charge in [-0.3, -0.25) is 5.84 Å². The molecule has 0 amide bonds. The van der Waals surface area contributed by atoms with Gasteiger partial charge in [-0.25, -0.2) is 18.1 Å². The number of likely N-dealkylation sites (N-methyl/N-ethyl adjacent to an activating group) is 1. The zero-order chi connectivity index (χ0) is 15.2. The molecule has 0 bridgehead atoms. The zero-order valence-electron chi connectivity index (χ0n) is 12.1. The topological polar surface area (TPSA) is 100 Å². The van der Waals surface area contributed by atoms with Gasteiger partial charge in [-0.05, 0) is 32.5 Å². The first-order valence-electron chi connectivity index (χ1n) is 6.54. The van der Waals surface area contributed by atoms with Crippen molar-refractivity contribution in [3.8, 4) is 0 Å². The quantitative estimate of drug-likeness (QED) is 0.474. The minimum Gasteiger partial charge on any atom is -0.321 e. The third-order valence-electron chi connectivity index (χ3n) is 3.28. The van der Waals surface area contributed by atoms with Crippen LogP contribution in [-0.4, -0.2) is 44.5 Å². The van der Waals surface area contributed by atoms with E-state index in [-0.39, 0.29) is 10.7 Å². The van der Waals surface area contributed by atoms with Crippen molar-refractivity contribution in [3.63, 3.8) is 0 Å². The molecule has 114 valence electrons. The Morgan fingerprint density at radius 1 is 1.50 bits per heavy atom. The molecular weight excluding hydrogens is 278 g/mol. The predicted molar refractivity (Wildman–Crippen MR) is 79.6 cm³/mol. The standard InChI is InChI=1S/C12H23N5O2S/c1-4-10(2)17(3)9-8-15-20(18,19)12-11(16-13)6-5-7-14-12/h5-7,10,15-16H,4,8-9,13H2,1-3H3. The van der Waals surface area contributed by atoms with Gasteiger partial charge in [0.15, 0.2) is 5.03 Å². The van der Waals surface area contributed by atoms with Gasteiger partial charge in [-0.15, -0.1) is 0 Å². The summed E-state index contributed by atoms with van der Waals surface area (Å²) in [7, 11) is -1.69. The molecule has 0 spiro atoms. The smallest absolute Gasteiger partial charge is 0.260 e. The molecule has 1 rings (SSSR count). The molecule has 1 atom stereocenters. The summed E-state index contributed by atoms with van der Waals surface area (Å²) < 4.78 is 26.8. The maximum absolute atomic E-state index is 12.1. The Labute approximate surface area is 120 Å². The van der Waals surface area contributed by atoms with E-state index < -0.39 is 10.0 Å². The summed E-state index contributed by atoms with van der Waals surface area (Å²) in [5.74, 6) is 5.29. The highest BCUT2D eigenvalue weighted by molar-refractivity contribution is 7.89. The number of hydrogen-bond acceptors (Lipinski definition) is 6. The second-order valence-corrected chi connectivity index (χ2v) is 6.32. The van der Waals surface area contributed by atoms with E-state index in [9.17, 15) is 8.42 Å². The highest BCUT2D eigenvalue weighted by atomic mass is 32.2. The average molecular weight is 301 g/mol. The number of anilines is 1. The van der Waals surface area contributed by atoms with Gasteiger partial charge in [-0.2, -0.15) is 0 Å². The number of nitrogens with two attached hydrogens (primary N) is 1. The summed E-state index contributed by atoms with van der Waals surface area (Å²) in [4.78, 5) is 5.96. The van der Waals surface area contributed by atoms with E-state index in [1.165, 1.54) is 6.20 Å². The molecule has 0 aromatic carbocycles. The van der Waals surface area contributed by atoms with Crippen molar-refractivity contribution in [3.05, 3.63) is 18.3 Å². The van der Waals surface area contributed by atoms with E-state index in [1.54, 1.807) is 12.1 Å². The monoisotopic (exact) mass is 301 g/mol. The van der Waals surface area contributed by atoms with Crippen LogP contribution in [0.15, 0.2) is 23.4 Å². The van der Waals surface area contributed by atoms with E-state index in [4.69, 9.17) is 5.84 Å². The average Bonchev–Trinajstić information content (AvgIpc) is 2.45. The second kappa shape index (κ2) is 7.53. The number of pyridine rings is 1. The maximum atomic E-state index is 12.1. The van der Waals surface area contributed by atoms with E-state index >= 15 is 0 Å². The van der Waals surface area contributed by atoms with Crippen molar-refractivity contribution >= 4 is 15.7 Å². The van der Waals surface area contributed by atoms with Gasteiger partial charge in [0.2, 0.25) is 0 Å². The summed E-state index contributed by atoms with van der Waals surface area (Å²) in [6, 6.07) is 3.59. The maximum Gasteiger partial charge on any atom is 0.260 e. The normalized spacial score (nSPS) is 13.4. The second-order valence-electron chi connectivity index (χ2n) is 4.64. The molecule has 0 radical (unpaired) electrons. The minimum atomic E-state index is -3.66. The molecule has 8 heteroatoms. The van der Waals surface area contributed by atoms with Gasteiger partial charge >= 0.3 is 0 Å². The van der Waals surface area contributed by atoms with Crippen LogP contribution in [0.25, 0.3) is 0 Å². The highest BCUT2D eigenvalue weighted by Crippen LogP contribution is 2.15. The zero-order valence-corrected chi connectivity index (χ0v) is 12.9. The fourth-order valence-electron chi connectivity index (χ4n) is 1.67. The molecule has 0 aliphatic carbocycles. The number of rotatable bonds is 8. The first-order chi connectivity index (χ1) is 9.42. The van der Waals surface area contributed by atoms with Crippen LogP contribution in [0.5, 0.6) is 0 Å². The number of hydrazine groups is 1. The molecule has 4 N–H and O–H groups in total. The van der Waals surface area contributed by atoms with Gasteiger partial charge in [0, 0.05) is 25.3 Å². The van der Waals surface area contributed by atoms with Gasteiger partial charge in [0.1, 0.15) is 0 Å². The number of nitrogen functional groups attached to an aromatic ring is 1. The third kappa shape index (κ3) is 4.41. The number of nitrogens with one attached hydrogen (secondary N) is 2. The number of sulfonamides is 1. The van der Waals surface area contributed by atoms with Crippen LogP contribution in [0.4, 0.5) is 5.69 Å². The summed E-state index contributed by atoms with van der Waals surface area (Å²) in [6.07, 6.45) is 2.44. The number of aromatic nitrogens is 1. The Bertz CT molecular complexity index is 520. The Hall–Kier alpha value is -1.22. The van der Waals surface area contributed by atoms with Gasteiger partial charge < -0.3 is 10.3 Å². The largest absolute Gasteiger partial charge is 0.321 e. The molecule has 0 fully saturated rings. The molecule has 20 heavy (non-hydrogen) atoms. The summed E-state index contributed by atoms with van der Waals surface area (Å²) in [5.41, 5.74) is 2.61. The highest BCUT2D eigenvalue weighted by Gasteiger charge is 2.19. The third-order valence-corrected chi connectivity index (χ3v) is 4.70. The van der Waals surface area contributed by atoms with Crippen molar-refractivity contribution in [2.45, 2.75) is 31.3 Å². The van der Waals surface area contributed by atoms with Gasteiger partial charge in [0.25, 0.3) is 10.0 Å². The van der Waals surface area contributed by atoms with Crippen molar-refractivity contribution in [1.82, 2.24) is 14.6 Å². The van der Waals surface area contributed by atoms with Crippen LogP contribution in [0.3, 0.4) is 0 Å². The molecule has 1 unspecified atom stereocenters.